The minimum absolute atomic E-state index is 0.0584. The van der Waals surface area contributed by atoms with Crippen LogP contribution < -0.4 is 20.3 Å². The van der Waals surface area contributed by atoms with Crippen LogP contribution >= 0.6 is 0 Å². The molecule has 2 aromatic rings. The number of benzene rings is 2. The molecule has 0 aromatic heterocycles. The van der Waals surface area contributed by atoms with Gasteiger partial charge in [0, 0.05) is 24.8 Å². The summed E-state index contributed by atoms with van der Waals surface area (Å²) >= 11 is 0. The maximum atomic E-state index is 13.0. The van der Waals surface area contributed by atoms with Crippen LogP contribution in [0.5, 0.6) is 0 Å². The van der Waals surface area contributed by atoms with Crippen molar-refractivity contribution in [2.75, 3.05) is 23.3 Å². The van der Waals surface area contributed by atoms with Crippen LogP contribution in [-0.4, -0.2) is 39.6 Å². The first-order valence-corrected chi connectivity index (χ1v) is 11.2. The number of halogens is 3. The molecular weight excluding hydrogens is 433 g/mol. The Morgan fingerprint density at radius 1 is 1.26 bits per heavy atom. The second kappa shape index (κ2) is 7.72. The average molecular weight is 454 g/mol. The molecule has 0 aliphatic carbocycles. The van der Waals surface area contributed by atoms with E-state index in [2.05, 4.69) is 20.3 Å². The highest BCUT2D eigenvalue weighted by Crippen LogP contribution is 2.35. The number of nitrogens with one attached hydrogen (secondary N) is 3. The minimum Gasteiger partial charge on any atom is -0.366 e. The number of hydrogen-bond donors (Lipinski definition) is 3. The number of anilines is 2. The molecule has 0 spiro atoms. The highest BCUT2D eigenvalue weighted by molar-refractivity contribution is 7.89. The molecule has 2 aromatic carbocycles. The van der Waals surface area contributed by atoms with E-state index in [0.717, 1.165) is 24.7 Å². The Morgan fingerprint density at radius 2 is 2.00 bits per heavy atom. The molecule has 11 heteroatoms. The van der Waals surface area contributed by atoms with Crippen LogP contribution in [0.3, 0.4) is 0 Å². The van der Waals surface area contributed by atoms with Gasteiger partial charge in [0.05, 0.1) is 11.3 Å². The standard InChI is InChI=1S/C20H21F3N4O3S/c1-12(27-9-8-13-4-2-3-5-16(13)27)11-24-19(28)18-25-15-10-14(20(21,22)23)6-7-17(15)31(29,30)26-18/h2-7,10,12,18,25-26H,8-9,11H2,1H3,(H,24,28). The molecular formula is C20H21F3N4O3S. The number of amides is 1. The lowest BCUT2D eigenvalue weighted by Crippen LogP contribution is -2.55. The van der Waals surface area contributed by atoms with Crippen molar-refractivity contribution < 1.29 is 26.4 Å². The Balaban J connectivity index is 1.45. The van der Waals surface area contributed by atoms with Gasteiger partial charge in [-0.05, 0) is 43.2 Å². The molecule has 2 heterocycles. The molecule has 0 radical (unpaired) electrons. The topological polar surface area (TPSA) is 90.5 Å². The largest absolute Gasteiger partial charge is 0.416 e. The number of fused-ring (bicyclic) bond motifs is 2. The molecule has 2 aliphatic heterocycles. The Bertz CT molecular complexity index is 1120. The first kappa shape index (κ1) is 21.4. The molecule has 3 N–H and O–H groups in total. The SMILES string of the molecule is CC(CNC(=O)C1Nc2cc(C(F)(F)F)ccc2S(=O)(=O)N1)N1CCc2ccccc21. The monoisotopic (exact) mass is 454 g/mol. The molecule has 7 nitrogen and oxygen atoms in total. The van der Waals surface area contributed by atoms with Gasteiger partial charge >= 0.3 is 6.18 Å². The average Bonchev–Trinajstić information content (AvgIpc) is 3.14. The van der Waals surface area contributed by atoms with E-state index in [-0.39, 0.29) is 23.2 Å². The molecule has 4 rings (SSSR count). The molecule has 0 saturated heterocycles. The quantitative estimate of drug-likeness (QED) is 0.660. The highest BCUT2D eigenvalue weighted by atomic mass is 32.2. The zero-order valence-corrected chi connectivity index (χ0v) is 17.3. The number of carbonyl (C=O) groups excluding carboxylic acids is 1. The summed E-state index contributed by atoms with van der Waals surface area (Å²) in [6, 6.07) is 10.2. The van der Waals surface area contributed by atoms with Gasteiger partial charge in [0.1, 0.15) is 4.90 Å². The van der Waals surface area contributed by atoms with Crippen molar-refractivity contribution >= 4 is 27.3 Å². The van der Waals surface area contributed by atoms with Crippen LogP contribution in [0, 0.1) is 0 Å². The summed E-state index contributed by atoms with van der Waals surface area (Å²) < 4.78 is 66.0. The van der Waals surface area contributed by atoms with E-state index in [1.165, 1.54) is 5.56 Å². The molecule has 166 valence electrons. The molecule has 2 unspecified atom stereocenters. The molecule has 2 atom stereocenters. The molecule has 0 fully saturated rings. The predicted molar refractivity (Wildman–Crippen MR) is 109 cm³/mol. The van der Waals surface area contributed by atoms with Gasteiger partial charge in [0.25, 0.3) is 5.91 Å². The Hall–Kier alpha value is -2.79. The van der Waals surface area contributed by atoms with Crippen LogP contribution in [0.15, 0.2) is 47.4 Å². The van der Waals surface area contributed by atoms with Gasteiger partial charge in [0.2, 0.25) is 10.0 Å². The summed E-state index contributed by atoms with van der Waals surface area (Å²) in [5.41, 5.74) is 1.04. The Kier molecular flexibility index (Phi) is 5.34. The van der Waals surface area contributed by atoms with E-state index < -0.39 is 33.8 Å². The van der Waals surface area contributed by atoms with E-state index in [9.17, 15) is 26.4 Å². The third-order valence-corrected chi connectivity index (χ3v) is 6.94. The summed E-state index contributed by atoms with van der Waals surface area (Å²) in [6.45, 7) is 2.98. The maximum absolute atomic E-state index is 13.0. The second-order valence-corrected chi connectivity index (χ2v) is 9.26. The van der Waals surface area contributed by atoms with Gasteiger partial charge in [-0.3, -0.25) is 4.79 Å². The number of nitrogens with zero attached hydrogens (tertiary/aromatic N) is 1. The fraction of sp³-hybridized carbons (Fsp3) is 0.350. The first-order chi connectivity index (χ1) is 14.6. The zero-order valence-electron chi connectivity index (χ0n) is 16.5. The van der Waals surface area contributed by atoms with Gasteiger partial charge in [-0.25, -0.2) is 8.42 Å². The van der Waals surface area contributed by atoms with Gasteiger partial charge in [-0.2, -0.15) is 17.9 Å². The smallest absolute Gasteiger partial charge is 0.366 e. The first-order valence-electron chi connectivity index (χ1n) is 9.68. The van der Waals surface area contributed by atoms with Gasteiger partial charge in [-0.15, -0.1) is 0 Å². The predicted octanol–water partition coefficient (Wildman–Crippen LogP) is 2.30. The number of sulfonamides is 1. The number of para-hydroxylation sites is 1. The van der Waals surface area contributed by atoms with Crippen LogP contribution in [-0.2, 0) is 27.4 Å². The summed E-state index contributed by atoms with van der Waals surface area (Å²) in [7, 11) is -4.14. The Morgan fingerprint density at radius 3 is 2.74 bits per heavy atom. The Labute approximate surface area is 177 Å². The van der Waals surface area contributed by atoms with Gasteiger partial charge in [0.15, 0.2) is 6.17 Å². The van der Waals surface area contributed by atoms with Crippen molar-refractivity contribution in [3.05, 3.63) is 53.6 Å². The number of rotatable bonds is 4. The lowest BCUT2D eigenvalue weighted by atomic mass is 10.1. The molecule has 31 heavy (non-hydrogen) atoms. The summed E-state index contributed by atoms with van der Waals surface area (Å²) in [5, 5.41) is 5.24. The van der Waals surface area contributed by atoms with E-state index in [1.807, 2.05) is 31.2 Å². The van der Waals surface area contributed by atoms with E-state index in [4.69, 9.17) is 0 Å². The summed E-state index contributed by atoms with van der Waals surface area (Å²) in [4.78, 5) is 14.4. The molecule has 0 bridgehead atoms. The minimum atomic E-state index is -4.63. The van der Waals surface area contributed by atoms with E-state index in [1.54, 1.807) is 0 Å². The molecule has 2 aliphatic rings. The highest BCUT2D eigenvalue weighted by Gasteiger charge is 2.37. The van der Waals surface area contributed by atoms with Crippen molar-refractivity contribution in [3.63, 3.8) is 0 Å². The third kappa shape index (κ3) is 4.19. The second-order valence-electron chi connectivity index (χ2n) is 7.57. The maximum Gasteiger partial charge on any atom is 0.416 e. The van der Waals surface area contributed by atoms with Gasteiger partial charge < -0.3 is 15.5 Å². The zero-order chi connectivity index (χ0) is 22.4. The summed E-state index contributed by atoms with van der Waals surface area (Å²) in [5.74, 6) is -0.675. The third-order valence-electron chi connectivity index (χ3n) is 5.46. The number of alkyl halides is 3. The van der Waals surface area contributed by atoms with Crippen molar-refractivity contribution in [3.8, 4) is 0 Å². The normalized spacial score (nSPS) is 20.4. The van der Waals surface area contributed by atoms with Crippen LogP contribution in [0.4, 0.5) is 24.5 Å². The van der Waals surface area contributed by atoms with Crippen molar-refractivity contribution in [2.24, 2.45) is 0 Å². The van der Waals surface area contributed by atoms with Crippen LogP contribution in [0.25, 0.3) is 0 Å². The van der Waals surface area contributed by atoms with Crippen molar-refractivity contribution in [1.29, 1.82) is 0 Å². The van der Waals surface area contributed by atoms with E-state index in [0.29, 0.717) is 12.1 Å². The van der Waals surface area contributed by atoms with Crippen molar-refractivity contribution in [2.45, 2.75) is 36.6 Å². The number of hydrogen-bond acceptors (Lipinski definition) is 5. The molecule has 1 amide bonds. The number of carbonyl (C=O) groups is 1. The summed E-state index contributed by atoms with van der Waals surface area (Å²) in [6.07, 6.45) is -5.15. The lowest BCUT2D eigenvalue weighted by Gasteiger charge is -2.30. The van der Waals surface area contributed by atoms with Crippen molar-refractivity contribution in [1.82, 2.24) is 10.0 Å². The molecule has 0 saturated carbocycles. The van der Waals surface area contributed by atoms with Crippen LogP contribution in [0.1, 0.15) is 18.1 Å². The fourth-order valence-corrected chi connectivity index (χ4v) is 5.12. The van der Waals surface area contributed by atoms with Gasteiger partial charge in [-0.1, -0.05) is 18.2 Å². The van der Waals surface area contributed by atoms with Crippen LogP contribution in [0.2, 0.25) is 0 Å². The fourth-order valence-electron chi connectivity index (χ4n) is 3.86. The van der Waals surface area contributed by atoms with E-state index >= 15 is 0 Å². The lowest BCUT2D eigenvalue weighted by molar-refractivity contribution is -0.137.